The van der Waals surface area contributed by atoms with Crippen LogP contribution in [0.2, 0.25) is 5.15 Å². The predicted molar refractivity (Wildman–Crippen MR) is 128 cm³/mol. The average Bonchev–Trinajstić information content (AvgIpc) is 3.40. The molecule has 3 unspecified atom stereocenters. The second-order valence-corrected chi connectivity index (χ2v) is 11.1. The molecule has 3 N–H and O–H groups in total. The number of H-pyrrole nitrogens is 1. The van der Waals surface area contributed by atoms with Gasteiger partial charge in [-0.3, -0.25) is 9.89 Å². The topological polar surface area (TPSA) is 116 Å². The molecule has 34 heavy (non-hydrogen) atoms. The van der Waals surface area contributed by atoms with Crippen LogP contribution in [-0.4, -0.2) is 32.1 Å². The monoisotopic (exact) mass is 506 g/mol. The van der Waals surface area contributed by atoms with E-state index in [0.29, 0.717) is 21.3 Å². The first-order valence-electron chi connectivity index (χ1n) is 12.2. The van der Waals surface area contributed by atoms with Crippen LogP contribution in [0.3, 0.4) is 0 Å². The van der Waals surface area contributed by atoms with Crippen LogP contribution in [0.5, 0.6) is 0 Å². The molecule has 11 heteroatoms. The maximum Gasteiger partial charge on any atom is 0.228 e. The summed E-state index contributed by atoms with van der Waals surface area (Å²) in [6.07, 6.45) is 10.3. The zero-order valence-electron chi connectivity index (χ0n) is 19.6. The summed E-state index contributed by atoms with van der Waals surface area (Å²) in [6, 6.07) is 2.49. The summed E-state index contributed by atoms with van der Waals surface area (Å²) >= 11 is 7.52. The number of carbonyl (C=O) groups is 1. The van der Waals surface area contributed by atoms with E-state index < -0.39 is 0 Å². The largest absolute Gasteiger partial charge is 0.349 e. The van der Waals surface area contributed by atoms with Gasteiger partial charge in [0, 0.05) is 12.0 Å². The van der Waals surface area contributed by atoms with Crippen LogP contribution in [-0.2, 0) is 14.1 Å². The Labute approximate surface area is 208 Å². The fraction of sp³-hybridized carbons (Fsp3) is 0.696. The Kier molecular flexibility index (Phi) is 6.59. The van der Waals surface area contributed by atoms with Gasteiger partial charge in [-0.25, -0.2) is 9.50 Å². The summed E-state index contributed by atoms with van der Waals surface area (Å²) in [4.78, 5) is 22.7. The molecule has 3 aliphatic rings. The molecule has 0 radical (unpaired) electrons. The number of β-lactam (4-membered cyclic amide) rings is 1. The average molecular weight is 507 g/mol. The van der Waals surface area contributed by atoms with E-state index in [1.165, 1.54) is 19.3 Å². The minimum Gasteiger partial charge on any atom is -0.349 e. The number of amides is 1. The number of nitriles is 1. The summed E-state index contributed by atoms with van der Waals surface area (Å²) in [6.45, 7) is 4.15. The van der Waals surface area contributed by atoms with Crippen LogP contribution >= 0.6 is 23.6 Å². The maximum atomic E-state index is 12.3. The number of rotatable bonds is 7. The van der Waals surface area contributed by atoms with Crippen molar-refractivity contribution in [3.05, 3.63) is 16.5 Å². The molecule has 5 rings (SSSR count). The van der Waals surface area contributed by atoms with Gasteiger partial charge in [0.1, 0.15) is 22.6 Å². The molecule has 1 spiro atoms. The highest BCUT2D eigenvalue weighted by molar-refractivity contribution is 7.94. The quantitative estimate of drug-likeness (QED) is 0.160. The van der Waals surface area contributed by atoms with Gasteiger partial charge in [0.05, 0.1) is 27.9 Å². The maximum absolute atomic E-state index is 12.3. The predicted octanol–water partition coefficient (Wildman–Crippen LogP) is 4.92. The Morgan fingerprint density at radius 3 is 2.82 bits per heavy atom. The molecule has 2 aromatic rings. The number of carbonyl (C=O) groups excluding carboxylic acids is 1. The molecule has 184 valence electrons. The second-order valence-electron chi connectivity index (χ2n) is 10.1. The van der Waals surface area contributed by atoms with E-state index in [1.54, 1.807) is 4.52 Å². The third-order valence-corrected chi connectivity index (χ3v) is 9.51. The number of aromatic nitrogens is 3. The number of hydrogen-bond acceptors (Lipinski definition) is 7. The number of halogens is 1. The minimum atomic E-state index is -0.345. The van der Waals surface area contributed by atoms with Crippen LogP contribution in [0.4, 0.5) is 0 Å². The second kappa shape index (κ2) is 9.36. The number of hydroxylamine groups is 1. The molecule has 0 aromatic carbocycles. The van der Waals surface area contributed by atoms with Crippen LogP contribution in [0.1, 0.15) is 95.4 Å². The first kappa shape index (κ1) is 23.9. The van der Waals surface area contributed by atoms with Crippen molar-refractivity contribution in [3.63, 3.8) is 0 Å². The van der Waals surface area contributed by atoms with Gasteiger partial charge in [0.2, 0.25) is 5.91 Å². The molecule has 2 aromatic heterocycles. The van der Waals surface area contributed by atoms with Crippen molar-refractivity contribution in [2.45, 2.75) is 100 Å². The van der Waals surface area contributed by atoms with Crippen molar-refractivity contribution in [1.82, 2.24) is 25.4 Å². The van der Waals surface area contributed by atoms with Gasteiger partial charge in [-0.1, -0.05) is 44.2 Å². The van der Waals surface area contributed by atoms with Crippen molar-refractivity contribution in [2.75, 3.05) is 0 Å². The fourth-order valence-corrected chi connectivity index (χ4v) is 6.79. The van der Waals surface area contributed by atoms with E-state index >= 15 is 0 Å². The number of fused-ring (bicyclic) bond motifs is 1. The molecule has 3 atom stereocenters. The molecule has 3 fully saturated rings. The van der Waals surface area contributed by atoms with E-state index in [9.17, 15) is 10.1 Å². The zero-order chi connectivity index (χ0) is 23.9. The Morgan fingerprint density at radius 2 is 2.12 bits per heavy atom. The first-order valence-corrected chi connectivity index (χ1v) is 13.3. The smallest absolute Gasteiger partial charge is 0.228 e. The lowest BCUT2D eigenvalue weighted by molar-refractivity contribution is -0.255. The molecule has 1 amide bonds. The lowest BCUT2D eigenvalue weighted by atomic mass is 9.54. The van der Waals surface area contributed by atoms with E-state index in [0.717, 1.165) is 62.8 Å². The van der Waals surface area contributed by atoms with Gasteiger partial charge in [0.25, 0.3) is 0 Å². The summed E-state index contributed by atoms with van der Waals surface area (Å²) in [7, 11) is 0. The number of nitrogens with one attached hydrogen (secondary N) is 3. The highest BCUT2D eigenvalue weighted by atomic mass is 35.5. The van der Waals surface area contributed by atoms with Crippen LogP contribution in [0, 0.1) is 16.7 Å². The lowest BCUT2D eigenvalue weighted by Crippen LogP contribution is -2.76. The van der Waals surface area contributed by atoms with Crippen molar-refractivity contribution in [2.24, 2.45) is 5.41 Å². The third-order valence-electron chi connectivity index (χ3n) is 8.34. The molecule has 3 heterocycles. The van der Waals surface area contributed by atoms with E-state index in [4.69, 9.17) is 25.9 Å². The summed E-state index contributed by atoms with van der Waals surface area (Å²) < 4.78 is 6.90. The van der Waals surface area contributed by atoms with E-state index in [-0.39, 0.29) is 28.8 Å². The standard InChI is InChI=1S/C23H31ClN6O3S/c1-3-22(2)21(31)27-23(22)11-7-8-14(12-23)19-26-20-16(13-25)17(18(24)30(20)28-19)34-33-32-29-15-9-5-4-6-10-15/h14-15,29H,3-12H2,1-2H3,(H,26,28)(H,27,31). The van der Waals surface area contributed by atoms with Gasteiger partial charge in [-0.05, 0) is 45.4 Å². The molecular weight excluding hydrogens is 476 g/mol. The number of aromatic amines is 1. The fourth-order valence-electron chi connectivity index (χ4n) is 5.96. The Hall–Kier alpha value is -1.77. The van der Waals surface area contributed by atoms with Crippen LogP contribution < -0.4 is 10.8 Å². The van der Waals surface area contributed by atoms with Gasteiger partial charge in [0.15, 0.2) is 5.65 Å². The van der Waals surface area contributed by atoms with Crippen LogP contribution in [0.15, 0.2) is 4.90 Å². The van der Waals surface area contributed by atoms with Gasteiger partial charge in [-0.2, -0.15) is 10.7 Å². The number of nitrogens with zero attached hydrogens (tertiary/aromatic N) is 3. The third kappa shape index (κ3) is 3.82. The Morgan fingerprint density at radius 1 is 1.32 bits per heavy atom. The van der Waals surface area contributed by atoms with Crippen LogP contribution in [0.25, 0.3) is 5.65 Å². The minimum absolute atomic E-state index is 0.139. The van der Waals surface area contributed by atoms with Crippen molar-refractivity contribution in [3.8, 4) is 6.07 Å². The van der Waals surface area contributed by atoms with E-state index in [1.807, 2.05) is 0 Å². The molecule has 0 bridgehead atoms. The lowest BCUT2D eigenvalue weighted by Gasteiger charge is -2.60. The molecule has 1 aliphatic heterocycles. The van der Waals surface area contributed by atoms with Crippen molar-refractivity contribution >= 4 is 35.2 Å². The van der Waals surface area contributed by atoms with E-state index in [2.05, 4.69) is 35.8 Å². The van der Waals surface area contributed by atoms with Gasteiger partial charge in [-0.15, -0.1) is 9.32 Å². The molecule has 1 saturated heterocycles. The summed E-state index contributed by atoms with van der Waals surface area (Å²) in [5.41, 5.74) is 3.22. The van der Waals surface area contributed by atoms with Crippen molar-refractivity contribution in [1.29, 1.82) is 5.26 Å². The summed E-state index contributed by atoms with van der Waals surface area (Å²) in [5, 5.41) is 16.7. The highest BCUT2D eigenvalue weighted by Crippen LogP contribution is 2.54. The Bertz CT molecular complexity index is 1120. The first-order chi connectivity index (χ1) is 16.4. The molecule has 9 nitrogen and oxygen atoms in total. The normalized spacial score (nSPS) is 29.8. The molecule has 2 aliphatic carbocycles. The Balaban J connectivity index is 1.30. The van der Waals surface area contributed by atoms with Crippen molar-refractivity contribution < 1.29 is 14.1 Å². The zero-order valence-corrected chi connectivity index (χ0v) is 21.2. The van der Waals surface area contributed by atoms with Gasteiger partial charge >= 0.3 is 0 Å². The van der Waals surface area contributed by atoms with Gasteiger partial charge < -0.3 is 5.32 Å². The highest BCUT2D eigenvalue weighted by Gasteiger charge is 2.62. The summed E-state index contributed by atoms with van der Waals surface area (Å²) in [5.74, 6) is 1.08. The molecular formula is C23H31ClN6O3S. The molecule has 2 saturated carbocycles. The SMILES string of the molecule is CCC1(C)C(=O)NC12CCCC(c1nc3c(C#N)c(SOONC4CCCCC4)c(Cl)n3[nH]1)C2. The number of hydrogen-bond donors (Lipinski definition) is 3.